The molecule has 0 aliphatic heterocycles. The molecule has 20 heavy (non-hydrogen) atoms. The fourth-order valence-electron chi connectivity index (χ4n) is 1.89. The first kappa shape index (κ1) is 15.2. The molecule has 0 saturated carbocycles. The van der Waals surface area contributed by atoms with Crippen molar-refractivity contribution in [2.45, 2.75) is 32.7 Å². The van der Waals surface area contributed by atoms with E-state index in [4.69, 9.17) is 11.6 Å². The molecule has 0 spiro atoms. The van der Waals surface area contributed by atoms with Gasteiger partial charge in [0, 0.05) is 5.56 Å². The van der Waals surface area contributed by atoms with E-state index >= 15 is 0 Å². The van der Waals surface area contributed by atoms with Crippen LogP contribution in [-0.4, -0.2) is 21.8 Å². The minimum Gasteiger partial charge on any atom is -0.508 e. The lowest BCUT2D eigenvalue weighted by Gasteiger charge is -2.12. The fraction of sp³-hybridized carbons (Fsp3) is 0.429. The summed E-state index contributed by atoms with van der Waals surface area (Å²) in [4.78, 5) is 0. The van der Waals surface area contributed by atoms with Gasteiger partial charge in [-0.15, -0.1) is 10.2 Å². The normalized spacial score (nSPS) is 12.6. The summed E-state index contributed by atoms with van der Waals surface area (Å²) < 4.78 is 0. The van der Waals surface area contributed by atoms with Crippen molar-refractivity contribution in [3.63, 3.8) is 0 Å². The molecule has 0 saturated heterocycles. The van der Waals surface area contributed by atoms with Crippen LogP contribution in [0.3, 0.4) is 0 Å². The maximum absolute atomic E-state index is 9.56. The predicted molar refractivity (Wildman–Crippen MR) is 83.3 cm³/mol. The van der Waals surface area contributed by atoms with Crippen LogP contribution in [0.1, 0.15) is 37.7 Å². The van der Waals surface area contributed by atoms with Crippen LogP contribution in [0.15, 0.2) is 18.2 Å². The van der Waals surface area contributed by atoms with Crippen molar-refractivity contribution in [2.75, 3.05) is 6.54 Å². The van der Waals surface area contributed by atoms with Crippen LogP contribution in [0, 0.1) is 0 Å². The van der Waals surface area contributed by atoms with E-state index in [0.29, 0.717) is 5.02 Å². The summed E-state index contributed by atoms with van der Waals surface area (Å²) in [6, 6.07) is 5.07. The summed E-state index contributed by atoms with van der Waals surface area (Å²) in [6.45, 7) is 5.22. The number of hydrogen-bond acceptors (Lipinski definition) is 5. The minimum absolute atomic E-state index is 0.178. The van der Waals surface area contributed by atoms with Gasteiger partial charge in [0.05, 0.1) is 11.1 Å². The Morgan fingerprint density at radius 2 is 2.15 bits per heavy atom. The average Bonchev–Trinajstić information content (AvgIpc) is 2.92. The molecule has 4 nitrogen and oxygen atoms in total. The van der Waals surface area contributed by atoms with Crippen LogP contribution in [0.4, 0.5) is 0 Å². The van der Waals surface area contributed by atoms with Gasteiger partial charge < -0.3 is 10.4 Å². The molecule has 0 radical (unpaired) electrons. The van der Waals surface area contributed by atoms with Gasteiger partial charge in [0.2, 0.25) is 0 Å². The lowest BCUT2D eigenvalue weighted by molar-refractivity contribution is 0.475. The molecular weight excluding hydrogens is 294 g/mol. The molecule has 0 fully saturated rings. The number of rotatable bonds is 6. The summed E-state index contributed by atoms with van der Waals surface area (Å²) in [7, 11) is 0. The summed E-state index contributed by atoms with van der Waals surface area (Å²) in [5.41, 5.74) is 0.723. The highest BCUT2D eigenvalue weighted by molar-refractivity contribution is 7.14. The Morgan fingerprint density at radius 1 is 1.35 bits per heavy atom. The van der Waals surface area contributed by atoms with E-state index in [9.17, 15) is 5.11 Å². The van der Waals surface area contributed by atoms with Crippen LogP contribution >= 0.6 is 22.9 Å². The highest BCUT2D eigenvalue weighted by atomic mass is 35.5. The lowest BCUT2D eigenvalue weighted by atomic mass is 10.2. The number of aromatic nitrogens is 2. The van der Waals surface area contributed by atoms with Crippen molar-refractivity contribution in [3.8, 4) is 16.3 Å². The maximum Gasteiger partial charge on any atom is 0.149 e. The third-order valence-electron chi connectivity index (χ3n) is 2.97. The zero-order valence-corrected chi connectivity index (χ0v) is 13.1. The van der Waals surface area contributed by atoms with Crippen molar-refractivity contribution in [1.82, 2.24) is 15.5 Å². The topological polar surface area (TPSA) is 58.0 Å². The third-order valence-corrected chi connectivity index (χ3v) is 4.37. The molecule has 6 heteroatoms. The largest absolute Gasteiger partial charge is 0.508 e. The number of nitrogens with zero attached hydrogens (tertiary/aromatic N) is 2. The smallest absolute Gasteiger partial charge is 0.149 e. The molecule has 1 unspecified atom stereocenters. The van der Waals surface area contributed by atoms with E-state index in [1.807, 2.05) is 0 Å². The average molecular weight is 312 g/mol. The fourth-order valence-corrected chi connectivity index (χ4v) is 3.18. The first-order chi connectivity index (χ1) is 9.65. The van der Waals surface area contributed by atoms with Gasteiger partial charge in [0.15, 0.2) is 0 Å². The van der Waals surface area contributed by atoms with Gasteiger partial charge in [0.25, 0.3) is 0 Å². The van der Waals surface area contributed by atoms with E-state index < -0.39 is 0 Å². The van der Waals surface area contributed by atoms with Gasteiger partial charge in [-0.2, -0.15) is 0 Å². The molecule has 2 rings (SSSR count). The van der Waals surface area contributed by atoms with E-state index in [2.05, 4.69) is 29.4 Å². The molecule has 0 bridgehead atoms. The molecule has 108 valence electrons. The maximum atomic E-state index is 9.56. The highest BCUT2D eigenvalue weighted by Crippen LogP contribution is 2.34. The molecular formula is C14H18ClN3OS. The highest BCUT2D eigenvalue weighted by Gasteiger charge is 2.16. The van der Waals surface area contributed by atoms with Gasteiger partial charge >= 0.3 is 0 Å². The number of hydrogen-bond donors (Lipinski definition) is 2. The second-order valence-corrected chi connectivity index (χ2v) is 5.94. The first-order valence-electron chi connectivity index (χ1n) is 6.71. The number of phenolic OH excluding ortho intramolecular Hbond substituents is 1. The van der Waals surface area contributed by atoms with E-state index in [1.54, 1.807) is 18.2 Å². The molecule has 1 atom stereocenters. The monoisotopic (exact) mass is 311 g/mol. The number of halogens is 1. The van der Waals surface area contributed by atoms with E-state index in [-0.39, 0.29) is 11.8 Å². The quantitative estimate of drug-likeness (QED) is 0.846. The van der Waals surface area contributed by atoms with Crippen LogP contribution in [-0.2, 0) is 0 Å². The van der Waals surface area contributed by atoms with Crippen molar-refractivity contribution in [2.24, 2.45) is 0 Å². The standard InChI is InChI=1S/C14H18ClN3OS/c1-3-7-16-12(4-2)14-18-17-13(20-14)10-8-9(19)5-6-11(10)15/h5-6,8,12,16,19H,3-4,7H2,1-2H3. The summed E-state index contributed by atoms with van der Waals surface area (Å²) in [6.07, 6.45) is 2.04. The van der Waals surface area contributed by atoms with Crippen molar-refractivity contribution in [3.05, 3.63) is 28.2 Å². The van der Waals surface area contributed by atoms with E-state index in [1.165, 1.54) is 11.3 Å². The Balaban J connectivity index is 2.25. The zero-order chi connectivity index (χ0) is 14.5. The van der Waals surface area contributed by atoms with Crippen molar-refractivity contribution < 1.29 is 5.11 Å². The van der Waals surface area contributed by atoms with Gasteiger partial charge in [-0.05, 0) is 37.6 Å². The lowest BCUT2D eigenvalue weighted by Crippen LogP contribution is -2.21. The molecule has 0 amide bonds. The van der Waals surface area contributed by atoms with Crippen LogP contribution in [0.25, 0.3) is 10.6 Å². The second-order valence-electron chi connectivity index (χ2n) is 4.52. The SMILES string of the molecule is CCCNC(CC)c1nnc(-c2cc(O)ccc2Cl)s1. The van der Waals surface area contributed by atoms with Gasteiger partial charge in [-0.1, -0.05) is 36.8 Å². The minimum atomic E-state index is 0.178. The molecule has 1 heterocycles. The Labute approximate surface area is 127 Å². The Kier molecular flexibility index (Phi) is 5.34. The number of benzene rings is 1. The Hall–Kier alpha value is -1.17. The zero-order valence-electron chi connectivity index (χ0n) is 11.6. The van der Waals surface area contributed by atoms with Crippen molar-refractivity contribution in [1.29, 1.82) is 0 Å². The Morgan fingerprint density at radius 3 is 2.85 bits per heavy atom. The molecule has 1 aromatic carbocycles. The first-order valence-corrected chi connectivity index (χ1v) is 7.90. The van der Waals surface area contributed by atoms with Gasteiger partial charge in [-0.3, -0.25) is 0 Å². The number of nitrogens with one attached hydrogen (secondary N) is 1. The molecule has 0 aliphatic carbocycles. The van der Waals surface area contributed by atoms with Crippen molar-refractivity contribution >= 4 is 22.9 Å². The van der Waals surface area contributed by atoms with Gasteiger partial charge in [0.1, 0.15) is 15.8 Å². The van der Waals surface area contributed by atoms with E-state index in [0.717, 1.165) is 35.0 Å². The van der Waals surface area contributed by atoms with Crippen LogP contribution in [0.2, 0.25) is 5.02 Å². The molecule has 2 aromatic rings. The predicted octanol–water partition coefficient (Wildman–Crippen LogP) is 4.01. The molecule has 1 aromatic heterocycles. The van der Waals surface area contributed by atoms with Gasteiger partial charge in [-0.25, -0.2) is 0 Å². The number of aromatic hydroxyl groups is 1. The Bertz CT molecular complexity index is 573. The summed E-state index contributed by atoms with van der Waals surface area (Å²) >= 11 is 7.66. The van der Waals surface area contributed by atoms with Crippen LogP contribution < -0.4 is 5.32 Å². The van der Waals surface area contributed by atoms with Crippen LogP contribution in [0.5, 0.6) is 5.75 Å². The summed E-state index contributed by atoms with van der Waals surface area (Å²) in [5, 5.41) is 23.7. The summed E-state index contributed by atoms with van der Waals surface area (Å²) in [5.74, 6) is 0.178. The number of phenols is 1. The second kappa shape index (κ2) is 7.02. The molecule has 0 aliphatic rings. The third kappa shape index (κ3) is 3.48. The molecule has 2 N–H and O–H groups in total.